The van der Waals surface area contributed by atoms with E-state index in [0.29, 0.717) is 5.33 Å². The van der Waals surface area contributed by atoms with Crippen LogP contribution in [0.5, 0.6) is 5.88 Å². The smallest absolute Gasteiger partial charge is 0.405 e. The Morgan fingerprint density at radius 3 is 2.58 bits per heavy atom. The highest BCUT2D eigenvalue weighted by Gasteiger charge is 2.31. The Kier molecular flexibility index (Phi) is 5.84. The molecule has 4 nitrogen and oxygen atoms in total. The molecule has 0 N–H and O–H groups in total. The Hall–Kier alpha value is -1.05. The predicted molar refractivity (Wildman–Crippen MR) is 69.9 cm³/mol. The molecular weight excluding hydrogens is 327 g/mol. The van der Waals surface area contributed by atoms with Crippen LogP contribution in [0.4, 0.5) is 19.0 Å². The largest absolute Gasteiger partial charge is 0.474 e. The summed E-state index contributed by atoms with van der Waals surface area (Å²) in [7, 11) is 0. The zero-order chi connectivity index (χ0) is 14.5. The first-order chi connectivity index (χ1) is 8.81. The molecule has 0 spiro atoms. The molecule has 1 rings (SSSR count). The van der Waals surface area contributed by atoms with Crippen molar-refractivity contribution in [1.82, 2.24) is 9.97 Å². The SMILES string of the molecule is CC(C)Oc1cncc(N(CCBr)CC(F)(F)F)n1. The summed E-state index contributed by atoms with van der Waals surface area (Å²) < 4.78 is 42.8. The van der Waals surface area contributed by atoms with Gasteiger partial charge in [0, 0.05) is 11.9 Å². The van der Waals surface area contributed by atoms with Crippen molar-refractivity contribution in [1.29, 1.82) is 0 Å². The lowest BCUT2D eigenvalue weighted by Gasteiger charge is -2.24. The van der Waals surface area contributed by atoms with E-state index in [9.17, 15) is 13.2 Å². The topological polar surface area (TPSA) is 38.2 Å². The van der Waals surface area contributed by atoms with Crippen LogP contribution in [-0.4, -0.2) is 40.7 Å². The van der Waals surface area contributed by atoms with Gasteiger partial charge in [0.1, 0.15) is 6.54 Å². The fourth-order valence-electron chi connectivity index (χ4n) is 1.38. The molecule has 1 aromatic rings. The quantitative estimate of drug-likeness (QED) is 0.745. The van der Waals surface area contributed by atoms with Crippen LogP contribution < -0.4 is 9.64 Å². The molecule has 1 heterocycles. The van der Waals surface area contributed by atoms with E-state index < -0.39 is 12.7 Å². The molecular formula is C11H15BrF3N3O. The highest BCUT2D eigenvalue weighted by atomic mass is 79.9. The maximum Gasteiger partial charge on any atom is 0.405 e. The minimum Gasteiger partial charge on any atom is -0.474 e. The first kappa shape index (κ1) is 16.0. The molecule has 0 aromatic carbocycles. The van der Waals surface area contributed by atoms with Gasteiger partial charge in [-0.15, -0.1) is 0 Å². The van der Waals surface area contributed by atoms with Gasteiger partial charge in [0.2, 0.25) is 5.88 Å². The van der Waals surface area contributed by atoms with Crippen LogP contribution in [0.15, 0.2) is 12.4 Å². The summed E-state index contributed by atoms with van der Waals surface area (Å²) >= 11 is 3.13. The predicted octanol–water partition coefficient (Wildman–Crippen LogP) is 3.03. The number of hydrogen-bond acceptors (Lipinski definition) is 4. The van der Waals surface area contributed by atoms with Gasteiger partial charge in [-0.1, -0.05) is 15.9 Å². The Bertz CT molecular complexity index is 401. The summed E-state index contributed by atoms with van der Waals surface area (Å²) in [5.41, 5.74) is 0. The third kappa shape index (κ3) is 6.09. The van der Waals surface area contributed by atoms with Crippen LogP contribution in [0, 0.1) is 0 Å². The molecule has 19 heavy (non-hydrogen) atoms. The molecule has 0 saturated carbocycles. The Morgan fingerprint density at radius 2 is 2.05 bits per heavy atom. The second-order valence-corrected chi connectivity index (χ2v) is 4.90. The van der Waals surface area contributed by atoms with E-state index in [1.54, 1.807) is 13.8 Å². The number of rotatable bonds is 6. The van der Waals surface area contributed by atoms with Gasteiger partial charge in [-0.05, 0) is 13.8 Å². The van der Waals surface area contributed by atoms with E-state index in [4.69, 9.17) is 4.74 Å². The fraction of sp³-hybridized carbons (Fsp3) is 0.636. The zero-order valence-electron chi connectivity index (χ0n) is 10.6. The minimum absolute atomic E-state index is 0.114. The molecule has 0 aliphatic rings. The number of aromatic nitrogens is 2. The lowest BCUT2D eigenvalue weighted by Crippen LogP contribution is -2.36. The van der Waals surface area contributed by atoms with Crippen molar-refractivity contribution in [2.75, 3.05) is 23.3 Å². The van der Waals surface area contributed by atoms with Crippen LogP contribution in [0.1, 0.15) is 13.8 Å². The number of ether oxygens (including phenoxy) is 1. The number of nitrogens with zero attached hydrogens (tertiary/aromatic N) is 3. The van der Waals surface area contributed by atoms with Crippen LogP contribution in [0.3, 0.4) is 0 Å². The summed E-state index contributed by atoms with van der Waals surface area (Å²) in [5.74, 6) is 0.365. The Labute approximate surface area is 118 Å². The number of anilines is 1. The molecule has 0 fully saturated rings. The Balaban J connectivity index is 2.89. The lowest BCUT2D eigenvalue weighted by atomic mass is 10.4. The minimum atomic E-state index is -4.29. The van der Waals surface area contributed by atoms with Crippen LogP contribution >= 0.6 is 15.9 Å². The van der Waals surface area contributed by atoms with Crippen LogP contribution in [0.2, 0.25) is 0 Å². The van der Waals surface area contributed by atoms with Crippen molar-refractivity contribution in [3.8, 4) is 5.88 Å². The fourth-order valence-corrected chi connectivity index (χ4v) is 1.81. The van der Waals surface area contributed by atoms with E-state index in [1.165, 1.54) is 12.4 Å². The normalized spacial score (nSPS) is 11.7. The summed E-state index contributed by atoms with van der Waals surface area (Å²) in [4.78, 5) is 9.00. The van der Waals surface area contributed by atoms with E-state index >= 15 is 0 Å². The van der Waals surface area contributed by atoms with Crippen molar-refractivity contribution in [2.24, 2.45) is 0 Å². The summed E-state index contributed by atoms with van der Waals surface area (Å²) in [5, 5.41) is 0.403. The average Bonchev–Trinajstić information content (AvgIpc) is 2.26. The zero-order valence-corrected chi connectivity index (χ0v) is 12.2. The van der Waals surface area contributed by atoms with Gasteiger partial charge in [0.05, 0.1) is 18.5 Å². The molecule has 0 saturated heterocycles. The van der Waals surface area contributed by atoms with Gasteiger partial charge >= 0.3 is 6.18 Å². The van der Waals surface area contributed by atoms with Crippen molar-refractivity contribution < 1.29 is 17.9 Å². The molecule has 108 valence electrons. The van der Waals surface area contributed by atoms with Gasteiger partial charge in [-0.25, -0.2) is 0 Å². The Morgan fingerprint density at radius 1 is 1.37 bits per heavy atom. The van der Waals surface area contributed by atoms with Gasteiger partial charge in [0.15, 0.2) is 5.82 Å². The van der Waals surface area contributed by atoms with Crippen LogP contribution in [-0.2, 0) is 0 Å². The summed E-state index contributed by atoms with van der Waals surface area (Å²) in [6.45, 7) is 2.72. The molecule has 0 atom stereocenters. The molecule has 0 amide bonds. The summed E-state index contributed by atoms with van der Waals surface area (Å²) in [6, 6.07) is 0. The van der Waals surface area contributed by atoms with Gasteiger partial charge in [-0.3, -0.25) is 4.98 Å². The van der Waals surface area contributed by atoms with E-state index in [-0.39, 0.29) is 24.3 Å². The molecule has 0 aliphatic heterocycles. The van der Waals surface area contributed by atoms with Gasteiger partial charge < -0.3 is 9.64 Å². The van der Waals surface area contributed by atoms with E-state index in [1.807, 2.05) is 0 Å². The highest BCUT2D eigenvalue weighted by molar-refractivity contribution is 9.09. The van der Waals surface area contributed by atoms with Crippen LogP contribution in [0.25, 0.3) is 0 Å². The highest BCUT2D eigenvalue weighted by Crippen LogP contribution is 2.21. The maximum atomic E-state index is 12.5. The second-order valence-electron chi connectivity index (χ2n) is 4.11. The van der Waals surface area contributed by atoms with Gasteiger partial charge in [-0.2, -0.15) is 18.2 Å². The third-order valence-corrected chi connectivity index (χ3v) is 2.36. The second kappa shape index (κ2) is 6.93. The molecule has 1 aromatic heterocycles. The van der Waals surface area contributed by atoms with Crippen molar-refractivity contribution >= 4 is 21.7 Å². The average molecular weight is 342 g/mol. The number of hydrogen-bond donors (Lipinski definition) is 0. The van der Waals surface area contributed by atoms with Crippen molar-refractivity contribution in [2.45, 2.75) is 26.1 Å². The monoisotopic (exact) mass is 341 g/mol. The molecule has 0 aliphatic carbocycles. The maximum absolute atomic E-state index is 12.5. The molecule has 0 unspecified atom stereocenters. The number of alkyl halides is 4. The lowest BCUT2D eigenvalue weighted by molar-refractivity contribution is -0.119. The number of halogens is 4. The van der Waals surface area contributed by atoms with E-state index in [2.05, 4.69) is 25.9 Å². The van der Waals surface area contributed by atoms with E-state index in [0.717, 1.165) is 4.90 Å². The first-order valence-electron chi connectivity index (χ1n) is 5.68. The van der Waals surface area contributed by atoms with Gasteiger partial charge in [0.25, 0.3) is 0 Å². The molecule has 0 radical (unpaired) electrons. The molecule has 0 bridgehead atoms. The van der Waals surface area contributed by atoms with Crippen molar-refractivity contribution in [3.05, 3.63) is 12.4 Å². The third-order valence-electron chi connectivity index (χ3n) is 2.00. The molecule has 8 heteroatoms. The van der Waals surface area contributed by atoms with Crippen molar-refractivity contribution in [3.63, 3.8) is 0 Å². The standard InChI is InChI=1S/C11H15BrF3N3O/c1-8(2)19-10-6-16-5-9(17-10)18(4-3-12)7-11(13,14)15/h5-6,8H,3-4,7H2,1-2H3. The first-order valence-corrected chi connectivity index (χ1v) is 6.80. The summed E-state index contributed by atoms with van der Waals surface area (Å²) in [6.07, 6.45) is -1.74.